The number of benzene rings is 1. The molecule has 0 saturated heterocycles. The van der Waals surface area contributed by atoms with E-state index in [1.807, 2.05) is 6.07 Å². The average molecular weight is 354 g/mol. The van der Waals surface area contributed by atoms with Gasteiger partial charge >= 0.3 is 0 Å². The van der Waals surface area contributed by atoms with Crippen LogP contribution in [0.3, 0.4) is 0 Å². The minimum absolute atomic E-state index is 0.169. The number of fused-ring (bicyclic) bond motifs is 2. The van der Waals surface area contributed by atoms with E-state index >= 15 is 0 Å². The Morgan fingerprint density at radius 1 is 1.20 bits per heavy atom. The highest BCUT2D eigenvalue weighted by atomic mass is 32.1. The molecule has 128 valence electrons. The van der Waals surface area contributed by atoms with E-state index in [0.717, 1.165) is 17.7 Å². The van der Waals surface area contributed by atoms with E-state index in [-0.39, 0.29) is 17.7 Å². The monoisotopic (exact) mass is 354 g/mol. The standard InChI is InChI=1S/C19H18N2O3S/c1-10-3-6-15-11(7-10)8-16(25-15)17(22)20-12-4-5-13-14(9-12)19(24)21(2)18(13)23/h4-5,8-10H,3,6-7H2,1-2H3,(H,20,22). The number of rotatable bonds is 2. The molecule has 0 saturated carbocycles. The van der Waals surface area contributed by atoms with E-state index in [1.165, 1.54) is 23.9 Å². The number of hydrogen-bond acceptors (Lipinski definition) is 4. The van der Waals surface area contributed by atoms with Gasteiger partial charge in [0.15, 0.2) is 0 Å². The molecule has 5 nitrogen and oxygen atoms in total. The third kappa shape index (κ3) is 2.66. The predicted molar refractivity (Wildman–Crippen MR) is 96.3 cm³/mol. The van der Waals surface area contributed by atoms with Crippen molar-refractivity contribution in [2.24, 2.45) is 5.92 Å². The zero-order valence-corrected chi connectivity index (χ0v) is 14.9. The second kappa shape index (κ2) is 5.81. The molecule has 1 aromatic heterocycles. The molecule has 0 bridgehead atoms. The lowest BCUT2D eigenvalue weighted by Gasteiger charge is -2.16. The van der Waals surface area contributed by atoms with Crippen molar-refractivity contribution in [3.63, 3.8) is 0 Å². The van der Waals surface area contributed by atoms with Gasteiger partial charge in [0.1, 0.15) is 0 Å². The van der Waals surface area contributed by atoms with Crippen molar-refractivity contribution in [3.8, 4) is 0 Å². The molecule has 2 aliphatic rings. The first-order valence-corrected chi connectivity index (χ1v) is 9.15. The van der Waals surface area contributed by atoms with Crippen molar-refractivity contribution in [1.29, 1.82) is 0 Å². The van der Waals surface area contributed by atoms with Gasteiger partial charge in [-0.1, -0.05) is 6.92 Å². The zero-order valence-electron chi connectivity index (χ0n) is 14.1. The normalized spacial score (nSPS) is 19.0. The van der Waals surface area contributed by atoms with Crippen LogP contribution >= 0.6 is 11.3 Å². The summed E-state index contributed by atoms with van der Waals surface area (Å²) < 4.78 is 0. The maximum Gasteiger partial charge on any atom is 0.265 e. The smallest absolute Gasteiger partial charge is 0.265 e. The third-order valence-electron chi connectivity index (χ3n) is 4.90. The van der Waals surface area contributed by atoms with E-state index in [0.29, 0.717) is 27.6 Å². The maximum atomic E-state index is 12.6. The SMILES string of the molecule is CC1CCc2sc(C(=O)Nc3ccc4c(c3)C(=O)N(C)C4=O)cc2C1. The number of imide groups is 1. The minimum Gasteiger partial charge on any atom is -0.321 e. The van der Waals surface area contributed by atoms with Gasteiger partial charge in [-0.3, -0.25) is 19.3 Å². The molecule has 2 aromatic rings. The average Bonchev–Trinajstić information content (AvgIpc) is 3.10. The van der Waals surface area contributed by atoms with Crippen LogP contribution in [0.1, 0.15) is 54.2 Å². The lowest BCUT2D eigenvalue weighted by molar-refractivity contribution is 0.0692. The van der Waals surface area contributed by atoms with Gasteiger partial charge in [-0.05, 0) is 55.0 Å². The Balaban J connectivity index is 1.56. The van der Waals surface area contributed by atoms with Crippen LogP contribution in [0, 0.1) is 5.92 Å². The molecular weight excluding hydrogens is 336 g/mol. The van der Waals surface area contributed by atoms with Crippen LogP contribution in [0.4, 0.5) is 5.69 Å². The minimum atomic E-state index is -0.336. The molecule has 0 fully saturated rings. The van der Waals surface area contributed by atoms with Crippen molar-refractivity contribution in [1.82, 2.24) is 4.90 Å². The van der Waals surface area contributed by atoms with Crippen LogP contribution < -0.4 is 5.32 Å². The summed E-state index contributed by atoms with van der Waals surface area (Å²) >= 11 is 1.55. The van der Waals surface area contributed by atoms with Crippen molar-refractivity contribution < 1.29 is 14.4 Å². The topological polar surface area (TPSA) is 66.5 Å². The summed E-state index contributed by atoms with van der Waals surface area (Å²) in [6.45, 7) is 2.24. The van der Waals surface area contributed by atoms with Gasteiger partial charge in [0.05, 0.1) is 16.0 Å². The lowest BCUT2D eigenvalue weighted by atomic mass is 9.90. The largest absolute Gasteiger partial charge is 0.321 e. The fourth-order valence-electron chi connectivity index (χ4n) is 3.45. The van der Waals surface area contributed by atoms with Crippen LogP contribution in [0.2, 0.25) is 0 Å². The first-order valence-electron chi connectivity index (χ1n) is 8.33. The first-order chi connectivity index (χ1) is 11.9. The predicted octanol–water partition coefficient (Wildman–Crippen LogP) is 3.35. The molecule has 0 spiro atoms. The third-order valence-corrected chi connectivity index (χ3v) is 6.14. The van der Waals surface area contributed by atoms with Gasteiger partial charge in [0, 0.05) is 17.6 Å². The number of hydrogen-bond donors (Lipinski definition) is 1. The highest BCUT2D eigenvalue weighted by Crippen LogP contribution is 2.33. The Hall–Kier alpha value is -2.47. The number of nitrogens with one attached hydrogen (secondary N) is 1. The summed E-state index contributed by atoms with van der Waals surface area (Å²) in [5.74, 6) is -0.151. The zero-order chi connectivity index (χ0) is 17.7. The Bertz CT molecular complexity index is 915. The molecule has 1 unspecified atom stereocenters. The molecule has 1 aliphatic heterocycles. The molecule has 1 aliphatic carbocycles. The Morgan fingerprint density at radius 3 is 2.76 bits per heavy atom. The molecule has 2 heterocycles. The van der Waals surface area contributed by atoms with Crippen LogP contribution in [-0.2, 0) is 12.8 Å². The molecule has 1 aromatic carbocycles. The van der Waals surface area contributed by atoms with Crippen molar-refractivity contribution in [3.05, 3.63) is 50.7 Å². The Labute approximate surface area is 149 Å². The van der Waals surface area contributed by atoms with Crippen molar-refractivity contribution in [2.45, 2.75) is 26.2 Å². The van der Waals surface area contributed by atoms with Gasteiger partial charge in [-0.15, -0.1) is 11.3 Å². The number of carbonyl (C=O) groups is 3. The molecule has 4 rings (SSSR count). The summed E-state index contributed by atoms with van der Waals surface area (Å²) in [5, 5.41) is 2.85. The molecule has 25 heavy (non-hydrogen) atoms. The second-order valence-electron chi connectivity index (χ2n) is 6.79. The highest BCUT2D eigenvalue weighted by Gasteiger charge is 2.32. The van der Waals surface area contributed by atoms with Gasteiger partial charge in [-0.2, -0.15) is 0 Å². The molecule has 6 heteroatoms. The van der Waals surface area contributed by atoms with E-state index in [9.17, 15) is 14.4 Å². The van der Waals surface area contributed by atoms with Crippen molar-refractivity contribution >= 4 is 34.7 Å². The maximum absolute atomic E-state index is 12.6. The first kappa shape index (κ1) is 16.0. The highest BCUT2D eigenvalue weighted by molar-refractivity contribution is 7.14. The van der Waals surface area contributed by atoms with E-state index in [1.54, 1.807) is 29.5 Å². The van der Waals surface area contributed by atoms with Crippen LogP contribution in [-0.4, -0.2) is 29.7 Å². The molecule has 0 radical (unpaired) electrons. The van der Waals surface area contributed by atoms with E-state index in [2.05, 4.69) is 12.2 Å². The number of thiophene rings is 1. The number of aryl methyl sites for hydroxylation is 1. The molecule has 3 amide bonds. The van der Waals surface area contributed by atoms with Crippen LogP contribution in [0.5, 0.6) is 0 Å². The number of nitrogens with zero attached hydrogens (tertiary/aromatic N) is 1. The second-order valence-corrected chi connectivity index (χ2v) is 7.93. The Kier molecular flexibility index (Phi) is 3.72. The summed E-state index contributed by atoms with van der Waals surface area (Å²) in [5.41, 5.74) is 2.53. The number of anilines is 1. The Morgan fingerprint density at radius 2 is 1.96 bits per heavy atom. The lowest BCUT2D eigenvalue weighted by Crippen LogP contribution is -2.24. The van der Waals surface area contributed by atoms with Crippen LogP contribution in [0.25, 0.3) is 0 Å². The van der Waals surface area contributed by atoms with E-state index < -0.39 is 0 Å². The number of amides is 3. The van der Waals surface area contributed by atoms with Gasteiger partial charge < -0.3 is 5.32 Å². The fraction of sp³-hybridized carbons (Fsp3) is 0.316. The quantitative estimate of drug-likeness (QED) is 0.841. The molecule has 1 N–H and O–H groups in total. The molecule has 1 atom stereocenters. The van der Waals surface area contributed by atoms with E-state index in [4.69, 9.17) is 0 Å². The van der Waals surface area contributed by atoms with Gasteiger partial charge in [0.25, 0.3) is 17.7 Å². The number of carbonyl (C=O) groups excluding carboxylic acids is 3. The van der Waals surface area contributed by atoms with Gasteiger partial charge in [-0.25, -0.2) is 0 Å². The summed E-state index contributed by atoms with van der Waals surface area (Å²) in [6.07, 6.45) is 3.24. The summed E-state index contributed by atoms with van der Waals surface area (Å²) in [4.78, 5) is 39.6. The van der Waals surface area contributed by atoms with Crippen molar-refractivity contribution in [2.75, 3.05) is 12.4 Å². The fourth-order valence-corrected chi connectivity index (χ4v) is 4.55. The van der Waals surface area contributed by atoms with Crippen LogP contribution in [0.15, 0.2) is 24.3 Å². The molecular formula is C19H18N2O3S. The summed E-state index contributed by atoms with van der Waals surface area (Å²) in [7, 11) is 1.46. The summed E-state index contributed by atoms with van der Waals surface area (Å²) in [6, 6.07) is 6.82. The van der Waals surface area contributed by atoms with Gasteiger partial charge in [0.2, 0.25) is 0 Å².